The van der Waals surface area contributed by atoms with Crippen LogP contribution in [0, 0.1) is 0 Å². The van der Waals surface area contributed by atoms with Crippen LogP contribution in [0.2, 0.25) is 0 Å². The number of nitrogens with one attached hydrogen (secondary N) is 1. The molecule has 0 saturated heterocycles. The molecule has 8 heteroatoms. The molecule has 2 heterocycles. The normalized spacial score (nSPS) is 12.2. The fourth-order valence-electron chi connectivity index (χ4n) is 2.62. The Morgan fingerprint density at radius 1 is 1.20 bits per heavy atom. The standard InChI is InChI=1S/C17H21N7O/c18-13(9-12-5-2-1-3-6-12)17(25)20-7-4-8-24-11-23-14-15(19)21-10-22-16(14)24/h1-3,5-6,10-11,13H,4,7-9,18H2,(H,20,25)(H2,19,21,22). The Bertz CT molecular complexity index is 847. The van der Waals surface area contributed by atoms with Gasteiger partial charge < -0.3 is 21.4 Å². The van der Waals surface area contributed by atoms with Crippen molar-refractivity contribution in [3.05, 3.63) is 48.5 Å². The lowest BCUT2D eigenvalue weighted by Crippen LogP contribution is -2.42. The maximum Gasteiger partial charge on any atom is 0.237 e. The first-order valence-electron chi connectivity index (χ1n) is 8.13. The summed E-state index contributed by atoms with van der Waals surface area (Å²) in [6.07, 6.45) is 4.35. The zero-order valence-electron chi connectivity index (χ0n) is 13.8. The van der Waals surface area contributed by atoms with E-state index in [9.17, 15) is 4.79 Å². The van der Waals surface area contributed by atoms with Gasteiger partial charge in [0.25, 0.3) is 0 Å². The van der Waals surface area contributed by atoms with Crippen LogP contribution in [-0.4, -0.2) is 38.0 Å². The summed E-state index contributed by atoms with van der Waals surface area (Å²) < 4.78 is 1.89. The number of carbonyl (C=O) groups excluding carboxylic acids is 1. The maximum atomic E-state index is 12.1. The summed E-state index contributed by atoms with van der Waals surface area (Å²) in [4.78, 5) is 24.4. The molecule has 0 fully saturated rings. The molecular formula is C17H21N7O. The van der Waals surface area contributed by atoms with Gasteiger partial charge in [0.2, 0.25) is 5.91 Å². The van der Waals surface area contributed by atoms with Crippen molar-refractivity contribution in [2.75, 3.05) is 12.3 Å². The van der Waals surface area contributed by atoms with Crippen LogP contribution >= 0.6 is 0 Å². The topological polar surface area (TPSA) is 125 Å². The summed E-state index contributed by atoms with van der Waals surface area (Å²) >= 11 is 0. The van der Waals surface area contributed by atoms with Gasteiger partial charge in [-0.05, 0) is 18.4 Å². The fourth-order valence-corrected chi connectivity index (χ4v) is 2.62. The molecule has 1 aromatic carbocycles. The molecule has 1 unspecified atom stereocenters. The van der Waals surface area contributed by atoms with Crippen molar-refractivity contribution in [2.24, 2.45) is 5.73 Å². The molecule has 25 heavy (non-hydrogen) atoms. The van der Waals surface area contributed by atoms with Crippen LogP contribution in [-0.2, 0) is 17.8 Å². The van der Waals surface area contributed by atoms with Crippen LogP contribution in [0.1, 0.15) is 12.0 Å². The second-order valence-electron chi connectivity index (χ2n) is 5.81. The van der Waals surface area contributed by atoms with E-state index in [1.165, 1.54) is 6.33 Å². The van der Waals surface area contributed by atoms with Crippen LogP contribution in [0.3, 0.4) is 0 Å². The minimum atomic E-state index is -0.552. The molecule has 0 aliphatic rings. The molecule has 3 aromatic rings. The van der Waals surface area contributed by atoms with E-state index in [1.807, 2.05) is 34.9 Å². The molecule has 2 aromatic heterocycles. The average Bonchev–Trinajstić information content (AvgIpc) is 3.04. The van der Waals surface area contributed by atoms with Gasteiger partial charge in [0.05, 0.1) is 12.4 Å². The van der Waals surface area contributed by atoms with E-state index in [0.29, 0.717) is 36.5 Å². The molecule has 0 aliphatic heterocycles. The first-order chi connectivity index (χ1) is 12.1. The Morgan fingerprint density at radius 3 is 2.80 bits per heavy atom. The summed E-state index contributed by atoms with van der Waals surface area (Å²) in [6, 6.07) is 9.18. The number of aromatic nitrogens is 4. The molecule has 0 saturated carbocycles. The van der Waals surface area contributed by atoms with Gasteiger partial charge in [-0.25, -0.2) is 15.0 Å². The van der Waals surface area contributed by atoms with Gasteiger partial charge in [-0.1, -0.05) is 30.3 Å². The molecule has 0 spiro atoms. The van der Waals surface area contributed by atoms with Gasteiger partial charge in [0, 0.05) is 13.1 Å². The number of hydrogen-bond acceptors (Lipinski definition) is 6. The molecule has 130 valence electrons. The van der Waals surface area contributed by atoms with Crippen molar-refractivity contribution in [2.45, 2.75) is 25.4 Å². The Labute approximate surface area is 145 Å². The van der Waals surface area contributed by atoms with Crippen molar-refractivity contribution in [3.63, 3.8) is 0 Å². The van der Waals surface area contributed by atoms with Crippen molar-refractivity contribution in [3.8, 4) is 0 Å². The van der Waals surface area contributed by atoms with Gasteiger partial charge in [-0.3, -0.25) is 4.79 Å². The van der Waals surface area contributed by atoms with Crippen LogP contribution in [0.25, 0.3) is 11.2 Å². The second kappa shape index (κ2) is 7.71. The van der Waals surface area contributed by atoms with Crippen LogP contribution in [0.5, 0.6) is 0 Å². The number of carbonyl (C=O) groups is 1. The Morgan fingerprint density at radius 2 is 2.00 bits per heavy atom. The van der Waals surface area contributed by atoms with Crippen molar-refractivity contribution >= 4 is 22.9 Å². The second-order valence-corrected chi connectivity index (χ2v) is 5.81. The third-order valence-corrected chi connectivity index (χ3v) is 3.94. The number of fused-ring (bicyclic) bond motifs is 1. The Balaban J connectivity index is 1.46. The highest BCUT2D eigenvalue weighted by Gasteiger charge is 2.13. The summed E-state index contributed by atoms with van der Waals surface area (Å²) in [5.41, 5.74) is 14.1. The number of nitrogens with zero attached hydrogens (tertiary/aromatic N) is 4. The monoisotopic (exact) mass is 339 g/mol. The minimum absolute atomic E-state index is 0.147. The molecule has 5 N–H and O–H groups in total. The first kappa shape index (κ1) is 16.8. The number of imidazole rings is 1. The molecule has 1 amide bonds. The summed E-state index contributed by atoms with van der Waals surface area (Å²) in [5.74, 6) is 0.217. The predicted octanol–water partition coefficient (Wildman–Crippen LogP) is 0.485. The van der Waals surface area contributed by atoms with E-state index >= 15 is 0 Å². The van der Waals surface area contributed by atoms with Gasteiger partial charge in [0.1, 0.15) is 11.8 Å². The minimum Gasteiger partial charge on any atom is -0.382 e. The van der Waals surface area contributed by atoms with E-state index in [1.54, 1.807) is 6.33 Å². The van der Waals surface area contributed by atoms with E-state index in [4.69, 9.17) is 11.5 Å². The number of benzene rings is 1. The average molecular weight is 339 g/mol. The molecule has 0 radical (unpaired) electrons. The van der Waals surface area contributed by atoms with E-state index < -0.39 is 6.04 Å². The molecule has 0 bridgehead atoms. The van der Waals surface area contributed by atoms with Gasteiger partial charge in [-0.15, -0.1) is 0 Å². The lowest BCUT2D eigenvalue weighted by atomic mass is 10.1. The maximum absolute atomic E-state index is 12.1. The zero-order valence-corrected chi connectivity index (χ0v) is 13.8. The summed E-state index contributed by atoms with van der Waals surface area (Å²) in [6.45, 7) is 1.20. The van der Waals surface area contributed by atoms with Gasteiger partial charge >= 0.3 is 0 Å². The number of anilines is 1. The molecular weight excluding hydrogens is 318 g/mol. The van der Waals surface area contributed by atoms with Crippen LogP contribution in [0.15, 0.2) is 43.0 Å². The van der Waals surface area contributed by atoms with E-state index in [0.717, 1.165) is 12.0 Å². The molecule has 0 aliphatic carbocycles. The lowest BCUT2D eigenvalue weighted by molar-refractivity contribution is -0.122. The highest BCUT2D eigenvalue weighted by atomic mass is 16.2. The largest absolute Gasteiger partial charge is 0.382 e. The number of hydrogen-bond donors (Lipinski definition) is 3. The van der Waals surface area contributed by atoms with Crippen LogP contribution < -0.4 is 16.8 Å². The zero-order chi connectivity index (χ0) is 17.6. The summed E-state index contributed by atoms with van der Waals surface area (Å²) in [7, 11) is 0. The van der Waals surface area contributed by atoms with Gasteiger partial charge in [0.15, 0.2) is 11.5 Å². The lowest BCUT2D eigenvalue weighted by Gasteiger charge is -2.12. The summed E-state index contributed by atoms with van der Waals surface area (Å²) in [5, 5.41) is 2.87. The highest BCUT2D eigenvalue weighted by Crippen LogP contribution is 2.14. The van der Waals surface area contributed by atoms with Gasteiger partial charge in [-0.2, -0.15) is 0 Å². The smallest absolute Gasteiger partial charge is 0.237 e. The number of aryl methyl sites for hydroxylation is 1. The third-order valence-electron chi connectivity index (χ3n) is 3.94. The molecule has 8 nitrogen and oxygen atoms in total. The van der Waals surface area contributed by atoms with Crippen molar-refractivity contribution in [1.82, 2.24) is 24.8 Å². The predicted molar refractivity (Wildman–Crippen MR) is 95.5 cm³/mol. The number of nitrogens with two attached hydrogens (primary N) is 2. The Kier molecular flexibility index (Phi) is 5.20. The SMILES string of the molecule is Nc1ncnc2c1ncn2CCCNC(=O)C(N)Cc1ccccc1. The quantitative estimate of drug-likeness (QED) is 0.538. The third kappa shape index (κ3) is 4.10. The fraction of sp³-hybridized carbons (Fsp3) is 0.294. The van der Waals surface area contributed by atoms with Crippen molar-refractivity contribution < 1.29 is 4.79 Å². The number of nitrogen functional groups attached to an aromatic ring is 1. The van der Waals surface area contributed by atoms with E-state index in [2.05, 4.69) is 20.3 Å². The number of amides is 1. The first-order valence-corrected chi connectivity index (χ1v) is 8.13. The highest BCUT2D eigenvalue weighted by molar-refractivity contribution is 5.82. The van der Waals surface area contributed by atoms with E-state index in [-0.39, 0.29) is 5.91 Å². The van der Waals surface area contributed by atoms with Crippen molar-refractivity contribution in [1.29, 1.82) is 0 Å². The molecule has 1 atom stereocenters. The van der Waals surface area contributed by atoms with Crippen LogP contribution in [0.4, 0.5) is 5.82 Å². The Hall–Kier alpha value is -3.00. The number of rotatable bonds is 7. The molecule has 3 rings (SSSR count).